The maximum absolute atomic E-state index is 13.4. The second-order valence-electron chi connectivity index (χ2n) is 8.99. The summed E-state index contributed by atoms with van der Waals surface area (Å²) in [7, 11) is 0. The van der Waals surface area contributed by atoms with Crippen molar-refractivity contribution < 1.29 is 14.3 Å². The van der Waals surface area contributed by atoms with Crippen molar-refractivity contribution in [2.75, 3.05) is 19.6 Å². The molecule has 1 aromatic heterocycles. The van der Waals surface area contributed by atoms with Crippen LogP contribution in [0.3, 0.4) is 0 Å². The largest absolute Gasteiger partial charge is 0.462 e. The smallest absolute Gasteiger partial charge is 0.230 e. The van der Waals surface area contributed by atoms with Gasteiger partial charge in [-0.05, 0) is 55.0 Å². The Balaban J connectivity index is 1.40. The van der Waals surface area contributed by atoms with E-state index in [1.807, 2.05) is 12.1 Å². The minimum Gasteiger partial charge on any atom is -0.462 e. The number of aliphatic hydroxyl groups is 1. The van der Waals surface area contributed by atoms with Crippen molar-refractivity contribution in [2.45, 2.75) is 58.7 Å². The Morgan fingerprint density at radius 1 is 1.03 bits per heavy atom. The van der Waals surface area contributed by atoms with Crippen LogP contribution in [-0.2, 0) is 24.5 Å². The lowest BCUT2D eigenvalue weighted by Gasteiger charge is -2.39. The van der Waals surface area contributed by atoms with E-state index in [2.05, 4.69) is 47.9 Å². The first-order valence-corrected chi connectivity index (χ1v) is 10.8. The van der Waals surface area contributed by atoms with Crippen LogP contribution in [0.2, 0.25) is 0 Å². The molecule has 0 radical (unpaired) electrons. The average Bonchev–Trinajstić information content (AvgIpc) is 3.34. The average molecular weight is 397 g/mol. The Morgan fingerprint density at radius 3 is 2.48 bits per heavy atom. The van der Waals surface area contributed by atoms with Crippen LogP contribution < -0.4 is 0 Å². The van der Waals surface area contributed by atoms with Gasteiger partial charge < -0.3 is 14.4 Å². The van der Waals surface area contributed by atoms with Gasteiger partial charge in [0.05, 0.1) is 12.0 Å². The number of carbonyl (C=O) groups excluding carboxylic acids is 1. The van der Waals surface area contributed by atoms with Gasteiger partial charge in [-0.3, -0.25) is 9.69 Å². The third-order valence-electron chi connectivity index (χ3n) is 6.53. The summed E-state index contributed by atoms with van der Waals surface area (Å²) in [5.74, 6) is 2.29. The van der Waals surface area contributed by atoms with Crippen LogP contribution in [0, 0.1) is 5.41 Å². The molecule has 2 aliphatic heterocycles. The number of aliphatic hydroxyl groups excluding tert-OH is 1. The first kappa shape index (κ1) is 20.2. The number of benzene rings is 1. The van der Waals surface area contributed by atoms with E-state index in [0.29, 0.717) is 30.7 Å². The monoisotopic (exact) mass is 396 g/mol. The first-order chi connectivity index (χ1) is 14.0. The van der Waals surface area contributed by atoms with E-state index in [0.717, 1.165) is 44.7 Å². The van der Waals surface area contributed by atoms with E-state index in [-0.39, 0.29) is 12.0 Å². The molecule has 3 heterocycles. The Morgan fingerprint density at radius 2 is 1.79 bits per heavy atom. The van der Waals surface area contributed by atoms with Gasteiger partial charge in [-0.1, -0.05) is 38.1 Å². The normalized spacial score (nSPS) is 22.9. The van der Waals surface area contributed by atoms with E-state index in [4.69, 9.17) is 4.42 Å². The lowest BCUT2D eigenvalue weighted by molar-refractivity contribution is -0.146. The maximum atomic E-state index is 13.4. The highest BCUT2D eigenvalue weighted by molar-refractivity contribution is 5.84. The summed E-state index contributed by atoms with van der Waals surface area (Å²) in [6, 6.07) is 12.4. The quantitative estimate of drug-likeness (QED) is 0.804. The van der Waals surface area contributed by atoms with Crippen molar-refractivity contribution in [3.8, 4) is 0 Å². The molecule has 0 unspecified atom stereocenters. The maximum Gasteiger partial charge on any atom is 0.230 e. The van der Waals surface area contributed by atoms with Gasteiger partial charge in [-0.2, -0.15) is 0 Å². The third kappa shape index (κ3) is 4.26. The van der Waals surface area contributed by atoms with Gasteiger partial charge in [0, 0.05) is 19.6 Å². The number of hydrogen-bond acceptors (Lipinski definition) is 4. The van der Waals surface area contributed by atoms with Crippen LogP contribution in [-0.4, -0.2) is 40.4 Å². The van der Waals surface area contributed by atoms with Crippen molar-refractivity contribution in [3.63, 3.8) is 0 Å². The zero-order valence-corrected chi connectivity index (χ0v) is 17.6. The molecule has 2 aromatic rings. The standard InChI is InChI=1S/C24H32N2O3/c1-18(2)20-6-4-19(5-7-20)14-26-12-3-10-24(23(26)28)11-13-25(17-24)15-21-8-9-22(16-27)29-21/h4-9,18,27H,3,10-17H2,1-2H3/t24-/m0/s1. The number of furan rings is 1. The van der Waals surface area contributed by atoms with Crippen LogP contribution >= 0.6 is 0 Å². The highest BCUT2D eigenvalue weighted by Gasteiger charge is 2.48. The summed E-state index contributed by atoms with van der Waals surface area (Å²) < 4.78 is 5.64. The van der Waals surface area contributed by atoms with Crippen molar-refractivity contribution in [3.05, 3.63) is 59.0 Å². The molecule has 1 aromatic carbocycles. The van der Waals surface area contributed by atoms with E-state index < -0.39 is 0 Å². The zero-order valence-electron chi connectivity index (χ0n) is 17.6. The topological polar surface area (TPSA) is 56.9 Å². The van der Waals surface area contributed by atoms with E-state index >= 15 is 0 Å². The fourth-order valence-corrected chi connectivity index (χ4v) is 4.82. The highest BCUT2D eigenvalue weighted by Crippen LogP contribution is 2.41. The van der Waals surface area contributed by atoms with Gasteiger partial charge in [0.2, 0.25) is 5.91 Å². The van der Waals surface area contributed by atoms with Gasteiger partial charge in [0.25, 0.3) is 0 Å². The molecule has 0 aliphatic carbocycles. The predicted octanol–water partition coefficient (Wildman–Crippen LogP) is 3.91. The fourth-order valence-electron chi connectivity index (χ4n) is 4.82. The van der Waals surface area contributed by atoms with E-state index in [1.54, 1.807) is 0 Å². The van der Waals surface area contributed by atoms with Gasteiger partial charge >= 0.3 is 0 Å². The first-order valence-electron chi connectivity index (χ1n) is 10.8. The number of rotatable bonds is 6. The molecule has 2 fully saturated rings. The summed E-state index contributed by atoms with van der Waals surface area (Å²) in [5.41, 5.74) is 2.30. The highest BCUT2D eigenvalue weighted by atomic mass is 16.4. The molecule has 29 heavy (non-hydrogen) atoms. The Kier molecular flexibility index (Phi) is 5.79. The molecule has 0 saturated carbocycles. The molecule has 2 aliphatic rings. The third-order valence-corrected chi connectivity index (χ3v) is 6.53. The number of amides is 1. The molecule has 4 rings (SSSR count). The van der Waals surface area contributed by atoms with Gasteiger partial charge in [0.1, 0.15) is 18.1 Å². The molecule has 5 heteroatoms. The van der Waals surface area contributed by atoms with Gasteiger partial charge in [-0.15, -0.1) is 0 Å². The molecule has 0 bridgehead atoms. The fraction of sp³-hybridized carbons (Fsp3) is 0.542. The van der Waals surface area contributed by atoms with Crippen molar-refractivity contribution in [1.82, 2.24) is 9.80 Å². The van der Waals surface area contributed by atoms with E-state index in [9.17, 15) is 9.90 Å². The molecule has 1 amide bonds. The number of nitrogens with zero attached hydrogens (tertiary/aromatic N) is 2. The van der Waals surface area contributed by atoms with Gasteiger partial charge in [-0.25, -0.2) is 0 Å². The predicted molar refractivity (Wildman–Crippen MR) is 112 cm³/mol. The van der Waals surface area contributed by atoms with Crippen LogP contribution in [0.5, 0.6) is 0 Å². The summed E-state index contributed by atoms with van der Waals surface area (Å²) in [4.78, 5) is 17.8. The molecular formula is C24H32N2O3. The van der Waals surface area contributed by atoms with E-state index in [1.165, 1.54) is 11.1 Å². The molecule has 1 spiro atoms. The summed E-state index contributed by atoms with van der Waals surface area (Å²) in [6.07, 6.45) is 2.96. The molecule has 1 N–H and O–H groups in total. The van der Waals surface area contributed by atoms with Crippen molar-refractivity contribution in [1.29, 1.82) is 0 Å². The SMILES string of the molecule is CC(C)c1ccc(CN2CCC[C@@]3(CCN(Cc4ccc(CO)o4)C3)C2=O)cc1. The van der Waals surface area contributed by atoms with Crippen molar-refractivity contribution >= 4 is 5.91 Å². The second kappa shape index (κ2) is 8.33. The Labute approximate surface area is 173 Å². The summed E-state index contributed by atoms with van der Waals surface area (Å²) in [5, 5.41) is 9.18. The Hall–Kier alpha value is -2.11. The van der Waals surface area contributed by atoms with Crippen LogP contribution in [0.15, 0.2) is 40.8 Å². The molecule has 5 nitrogen and oxygen atoms in total. The van der Waals surface area contributed by atoms with Crippen molar-refractivity contribution in [2.24, 2.45) is 5.41 Å². The summed E-state index contributed by atoms with van der Waals surface area (Å²) >= 11 is 0. The number of likely N-dealkylation sites (tertiary alicyclic amines) is 2. The van der Waals surface area contributed by atoms with Crippen LogP contribution in [0.4, 0.5) is 0 Å². The second-order valence-corrected chi connectivity index (χ2v) is 8.99. The van der Waals surface area contributed by atoms with Crippen LogP contribution in [0.1, 0.15) is 61.7 Å². The minimum absolute atomic E-state index is 0.0739. The molecular weight excluding hydrogens is 364 g/mol. The number of hydrogen-bond donors (Lipinski definition) is 1. The van der Waals surface area contributed by atoms with Crippen LogP contribution in [0.25, 0.3) is 0 Å². The number of carbonyl (C=O) groups is 1. The summed E-state index contributed by atoms with van der Waals surface area (Å²) in [6.45, 7) is 8.29. The molecule has 2 saturated heterocycles. The zero-order chi connectivity index (χ0) is 20.4. The lowest BCUT2D eigenvalue weighted by Crippen LogP contribution is -2.49. The lowest BCUT2D eigenvalue weighted by atomic mass is 9.78. The minimum atomic E-state index is -0.247. The molecule has 1 atom stereocenters. The Bertz CT molecular complexity index is 842. The molecule has 156 valence electrons. The van der Waals surface area contributed by atoms with Gasteiger partial charge in [0.15, 0.2) is 0 Å². The number of piperidine rings is 1.